The van der Waals surface area contributed by atoms with Gasteiger partial charge in [-0.1, -0.05) is 6.92 Å². The molecule has 0 atom stereocenters. The van der Waals surface area contributed by atoms with Crippen molar-refractivity contribution in [2.45, 2.75) is 18.2 Å². The van der Waals surface area contributed by atoms with E-state index < -0.39 is 10.0 Å². The van der Waals surface area contributed by atoms with Crippen LogP contribution >= 0.6 is 0 Å². The lowest BCUT2D eigenvalue weighted by Gasteiger charge is -2.12. The normalized spacial score (nSPS) is 11.8. The van der Waals surface area contributed by atoms with Crippen LogP contribution in [0, 0.1) is 0 Å². The number of nitrogens with zero attached hydrogens (tertiary/aromatic N) is 1. The van der Waals surface area contributed by atoms with Gasteiger partial charge in [-0.2, -0.15) is 0 Å². The van der Waals surface area contributed by atoms with Crippen LogP contribution in [0.3, 0.4) is 0 Å². The minimum absolute atomic E-state index is 0.315. The van der Waals surface area contributed by atoms with Gasteiger partial charge in [-0.05, 0) is 43.8 Å². The fraction of sp³-hybridized carbons (Fsp3) is 0.538. The van der Waals surface area contributed by atoms with Crippen molar-refractivity contribution in [3.05, 3.63) is 24.3 Å². The Bertz CT molecular complexity index is 469. The van der Waals surface area contributed by atoms with Crippen molar-refractivity contribution in [1.82, 2.24) is 9.62 Å². The first kappa shape index (κ1) is 15.9. The molecule has 2 N–H and O–H groups in total. The number of rotatable bonds is 8. The summed E-state index contributed by atoms with van der Waals surface area (Å²) in [7, 11) is -0.271. The van der Waals surface area contributed by atoms with Crippen LogP contribution in [-0.4, -0.2) is 46.5 Å². The summed E-state index contributed by atoms with van der Waals surface area (Å²) in [6.45, 7) is 4.91. The van der Waals surface area contributed by atoms with E-state index in [2.05, 4.69) is 17.6 Å². The third-order valence-electron chi connectivity index (χ3n) is 2.74. The third-order valence-corrected chi connectivity index (χ3v) is 4.57. The van der Waals surface area contributed by atoms with E-state index in [0.717, 1.165) is 31.7 Å². The SMILES string of the molecule is CCNCCCNc1ccc(S(=O)(=O)N(C)C)cc1. The predicted octanol–water partition coefficient (Wildman–Crippen LogP) is 1.35. The fourth-order valence-electron chi connectivity index (χ4n) is 1.58. The van der Waals surface area contributed by atoms with Crippen molar-refractivity contribution in [3.8, 4) is 0 Å². The second-order valence-electron chi connectivity index (χ2n) is 4.45. The summed E-state index contributed by atoms with van der Waals surface area (Å²) in [5.74, 6) is 0. The average molecular weight is 285 g/mol. The number of hydrogen-bond donors (Lipinski definition) is 2. The van der Waals surface area contributed by atoms with Gasteiger partial charge in [0.2, 0.25) is 10.0 Å². The van der Waals surface area contributed by atoms with Gasteiger partial charge in [0.15, 0.2) is 0 Å². The van der Waals surface area contributed by atoms with Crippen LogP contribution in [0.2, 0.25) is 0 Å². The van der Waals surface area contributed by atoms with Gasteiger partial charge in [-0.15, -0.1) is 0 Å². The monoisotopic (exact) mass is 285 g/mol. The zero-order valence-corrected chi connectivity index (χ0v) is 12.6. The van der Waals surface area contributed by atoms with E-state index in [9.17, 15) is 8.42 Å². The van der Waals surface area contributed by atoms with Gasteiger partial charge in [0.1, 0.15) is 0 Å². The highest BCUT2D eigenvalue weighted by Gasteiger charge is 2.16. The summed E-state index contributed by atoms with van der Waals surface area (Å²) in [5.41, 5.74) is 0.939. The van der Waals surface area contributed by atoms with E-state index in [1.54, 1.807) is 24.3 Å². The molecular formula is C13H23N3O2S. The van der Waals surface area contributed by atoms with Crippen LogP contribution in [0.25, 0.3) is 0 Å². The third kappa shape index (κ3) is 4.81. The first-order valence-corrected chi connectivity index (χ1v) is 7.89. The minimum atomic E-state index is -3.33. The molecule has 0 aliphatic carbocycles. The lowest BCUT2D eigenvalue weighted by molar-refractivity contribution is 0.521. The zero-order valence-electron chi connectivity index (χ0n) is 11.8. The molecule has 0 aliphatic heterocycles. The van der Waals surface area contributed by atoms with Crippen LogP contribution in [-0.2, 0) is 10.0 Å². The molecule has 0 unspecified atom stereocenters. The molecule has 0 amide bonds. The molecule has 0 bridgehead atoms. The Labute approximate surface area is 116 Å². The van der Waals surface area contributed by atoms with Crippen LogP contribution in [0.4, 0.5) is 5.69 Å². The van der Waals surface area contributed by atoms with Gasteiger partial charge >= 0.3 is 0 Å². The fourth-order valence-corrected chi connectivity index (χ4v) is 2.48. The van der Waals surface area contributed by atoms with E-state index >= 15 is 0 Å². The van der Waals surface area contributed by atoms with Crippen LogP contribution in [0.15, 0.2) is 29.2 Å². The first-order chi connectivity index (χ1) is 8.98. The molecule has 0 fully saturated rings. The second-order valence-corrected chi connectivity index (χ2v) is 6.60. The summed E-state index contributed by atoms with van der Waals surface area (Å²) in [5, 5.41) is 6.51. The Balaban J connectivity index is 2.53. The van der Waals surface area contributed by atoms with Crippen molar-refractivity contribution in [2.75, 3.05) is 39.0 Å². The smallest absolute Gasteiger partial charge is 0.242 e. The standard InChI is InChI=1S/C13H23N3O2S/c1-4-14-10-5-11-15-12-6-8-13(9-7-12)19(17,18)16(2)3/h6-9,14-15H,4-5,10-11H2,1-3H3. The van der Waals surface area contributed by atoms with Crippen LogP contribution in [0.5, 0.6) is 0 Å². The maximum Gasteiger partial charge on any atom is 0.242 e. The molecule has 6 heteroatoms. The van der Waals surface area contributed by atoms with Crippen molar-refractivity contribution in [3.63, 3.8) is 0 Å². The molecule has 1 aromatic carbocycles. The maximum atomic E-state index is 11.9. The Hall–Kier alpha value is -1.11. The Morgan fingerprint density at radius 2 is 1.74 bits per heavy atom. The minimum Gasteiger partial charge on any atom is -0.385 e. The number of nitrogens with one attached hydrogen (secondary N) is 2. The number of hydrogen-bond acceptors (Lipinski definition) is 4. The molecule has 0 heterocycles. The Morgan fingerprint density at radius 1 is 1.11 bits per heavy atom. The lowest BCUT2D eigenvalue weighted by atomic mass is 10.3. The van der Waals surface area contributed by atoms with E-state index in [4.69, 9.17) is 0 Å². The molecule has 0 aliphatic rings. The predicted molar refractivity (Wildman–Crippen MR) is 79.0 cm³/mol. The average Bonchev–Trinajstić information content (AvgIpc) is 2.39. The van der Waals surface area contributed by atoms with Crippen molar-refractivity contribution in [1.29, 1.82) is 0 Å². The maximum absolute atomic E-state index is 11.9. The summed E-state index contributed by atoms with van der Waals surface area (Å²) in [6.07, 6.45) is 1.03. The van der Waals surface area contributed by atoms with Crippen molar-refractivity contribution in [2.24, 2.45) is 0 Å². The molecular weight excluding hydrogens is 262 g/mol. The van der Waals surface area contributed by atoms with Gasteiger partial charge in [0, 0.05) is 26.3 Å². The highest BCUT2D eigenvalue weighted by atomic mass is 32.2. The number of benzene rings is 1. The molecule has 0 saturated heterocycles. The van der Waals surface area contributed by atoms with Gasteiger partial charge < -0.3 is 10.6 Å². The van der Waals surface area contributed by atoms with E-state index in [-0.39, 0.29) is 0 Å². The molecule has 1 rings (SSSR count). The number of anilines is 1. The largest absolute Gasteiger partial charge is 0.385 e. The van der Waals surface area contributed by atoms with Crippen LogP contribution < -0.4 is 10.6 Å². The molecule has 19 heavy (non-hydrogen) atoms. The Morgan fingerprint density at radius 3 is 2.26 bits per heavy atom. The molecule has 5 nitrogen and oxygen atoms in total. The lowest BCUT2D eigenvalue weighted by Crippen LogP contribution is -2.22. The van der Waals surface area contributed by atoms with Gasteiger partial charge in [0.25, 0.3) is 0 Å². The van der Waals surface area contributed by atoms with Crippen molar-refractivity contribution >= 4 is 15.7 Å². The number of sulfonamides is 1. The van der Waals surface area contributed by atoms with E-state index in [1.165, 1.54) is 18.4 Å². The molecule has 1 aromatic rings. The summed E-state index contributed by atoms with van der Waals surface area (Å²) in [6, 6.07) is 6.84. The molecule has 108 valence electrons. The van der Waals surface area contributed by atoms with Crippen LogP contribution in [0.1, 0.15) is 13.3 Å². The Kier molecular flexibility index (Phi) is 6.27. The van der Waals surface area contributed by atoms with Gasteiger partial charge in [-0.3, -0.25) is 0 Å². The second kappa shape index (κ2) is 7.47. The molecule has 0 spiro atoms. The topological polar surface area (TPSA) is 61.4 Å². The summed E-state index contributed by atoms with van der Waals surface area (Å²) >= 11 is 0. The summed E-state index contributed by atoms with van der Waals surface area (Å²) < 4.78 is 25.0. The molecule has 0 saturated carbocycles. The quantitative estimate of drug-likeness (QED) is 0.708. The van der Waals surface area contributed by atoms with Gasteiger partial charge in [0.05, 0.1) is 4.90 Å². The molecule has 0 aromatic heterocycles. The van der Waals surface area contributed by atoms with Crippen molar-refractivity contribution < 1.29 is 8.42 Å². The summed E-state index contributed by atoms with van der Waals surface area (Å²) in [4.78, 5) is 0.315. The highest BCUT2D eigenvalue weighted by Crippen LogP contribution is 2.16. The molecule has 0 radical (unpaired) electrons. The first-order valence-electron chi connectivity index (χ1n) is 6.45. The zero-order chi connectivity index (χ0) is 14.3. The van der Waals surface area contributed by atoms with E-state index in [1.807, 2.05) is 0 Å². The highest BCUT2D eigenvalue weighted by molar-refractivity contribution is 7.89. The van der Waals surface area contributed by atoms with Gasteiger partial charge in [-0.25, -0.2) is 12.7 Å². The van der Waals surface area contributed by atoms with E-state index in [0.29, 0.717) is 4.90 Å².